The topological polar surface area (TPSA) is 78.1 Å². The van der Waals surface area contributed by atoms with Gasteiger partial charge in [0.2, 0.25) is 0 Å². The van der Waals surface area contributed by atoms with Crippen molar-refractivity contribution in [1.29, 1.82) is 0 Å². The molecule has 0 N–H and O–H groups in total. The molecule has 8 nitrogen and oxygen atoms in total. The second-order valence-corrected chi connectivity index (χ2v) is 8.70. The van der Waals surface area contributed by atoms with Crippen LogP contribution in [0.2, 0.25) is 0 Å². The molecular weight excluding hydrogens is 492 g/mol. The molecule has 4 aromatic rings. The molecule has 0 radical (unpaired) electrons. The van der Waals surface area contributed by atoms with E-state index in [-0.39, 0.29) is 24.1 Å². The first kappa shape index (κ1) is 24.5. The highest BCUT2D eigenvalue weighted by Gasteiger charge is 2.40. The Labute approximate surface area is 209 Å². The maximum Gasteiger partial charge on any atom is 0.406 e. The van der Waals surface area contributed by atoms with E-state index in [1.54, 1.807) is 29.1 Å². The number of carbonyl (C=O) groups is 1. The summed E-state index contributed by atoms with van der Waals surface area (Å²) in [5.41, 5.74) is 2.54. The van der Waals surface area contributed by atoms with Gasteiger partial charge in [-0.2, -0.15) is 18.3 Å². The van der Waals surface area contributed by atoms with Crippen molar-refractivity contribution in [3.8, 4) is 22.7 Å². The number of benzene rings is 2. The van der Waals surface area contributed by atoms with E-state index < -0.39 is 30.5 Å². The molecule has 1 aliphatic heterocycles. The van der Waals surface area contributed by atoms with E-state index in [1.165, 1.54) is 36.2 Å². The molecule has 3 heterocycles. The van der Waals surface area contributed by atoms with Crippen LogP contribution in [-0.4, -0.2) is 50.5 Å². The molecule has 0 fully saturated rings. The van der Waals surface area contributed by atoms with Crippen molar-refractivity contribution in [3.05, 3.63) is 71.9 Å². The molecule has 2 aromatic heterocycles. The lowest BCUT2D eigenvalue weighted by Crippen LogP contribution is -2.42. The summed E-state index contributed by atoms with van der Waals surface area (Å²) in [5, 5.41) is 12.6. The zero-order valence-electron chi connectivity index (χ0n) is 19.9. The fourth-order valence-corrected chi connectivity index (χ4v) is 4.48. The number of alkyl halides is 3. The number of hydrogen-bond donors (Lipinski definition) is 0. The third-order valence-corrected chi connectivity index (χ3v) is 6.22. The lowest BCUT2D eigenvalue weighted by molar-refractivity contribution is -0.134. The predicted octanol–water partition coefficient (Wildman–Crippen LogP) is 4.67. The molecule has 5 rings (SSSR count). The van der Waals surface area contributed by atoms with Gasteiger partial charge in [0.25, 0.3) is 5.91 Å². The zero-order chi connectivity index (χ0) is 26.3. The molecule has 1 atom stereocenters. The van der Waals surface area contributed by atoms with Crippen molar-refractivity contribution in [1.82, 2.24) is 24.8 Å². The Kier molecular flexibility index (Phi) is 6.18. The summed E-state index contributed by atoms with van der Waals surface area (Å²) < 4.78 is 63.1. The summed E-state index contributed by atoms with van der Waals surface area (Å²) in [6, 6.07) is 9.85. The standard InChI is InChI=1S/C25H22F4N6O2/c1-15-10-11-34(31-15)21-8-6-16(12-23(21)37-2)19-13-35(32-30-19)22-9-7-17-18(26)4-3-5-20(17)33(24(22)36)14-25(27,28)29/h3-6,8,10-13,22H,7,9,14H2,1-2H3. The van der Waals surface area contributed by atoms with Crippen LogP contribution in [0.4, 0.5) is 23.2 Å². The normalized spacial score (nSPS) is 16.0. The summed E-state index contributed by atoms with van der Waals surface area (Å²) in [5.74, 6) is -0.972. The summed E-state index contributed by atoms with van der Waals surface area (Å²) in [6.07, 6.45) is -1.26. The smallest absolute Gasteiger partial charge is 0.406 e. The molecule has 37 heavy (non-hydrogen) atoms. The Morgan fingerprint density at radius 2 is 1.95 bits per heavy atom. The average Bonchev–Trinajstić information content (AvgIpc) is 3.49. The highest BCUT2D eigenvalue weighted by molar-refractivity contribution is 5.97. The molecule has 1 unspecified atom stereocenters. The van der Waals surface area contributed by atoms with E-state index in [1.807, 2.05) is 13.0 Å². The molecule has 2 aromatic carbocycles. The molecule has 0 bridgehead atoms. The Hall–Kier alpha value is -4.22. The molecule has 192 valence electrons. The number of methoxy groups -OCH3 is 1. The van der Waals surface area contributed by atoms with Crippen LogP contribution in [-0.2, 0) is 11.2 Å². The van der Waals surface area contributed by atoms with E-state index >= 15 is 0 Å². The fraction of sp³-hybridized carbons (Fsp3) is 0.280. The Morgan fingerprint density at radius 3 is 2.65 bits per heavy atom. The van der Waals surface area contributed by atoms with Gasteiger partial charge in [0, 0.05) is 17.3 Å². The maximum atomic E-state index is 14.5. The first-order chi connectivity index (χ1) is 17.6. The Morgan fingerprint density at radius 1 is 1.14 bits per heavy atom. The Balaban J connectivity index is 1.48. The van der Waals surface area contributed by atoms with Crippen LogP contribution >= 0.6 is 0 Å². The van der Waals surface area contributed by atoms with Crippen molar-refractivity contribution in [2.75, 3.05) is 18.6 Å². The van der Waals surface area contributed by atoms with Crippen molar-refractivity contribution in [3.63, 3.8) is 0 Å². The molecular formula is C25H22F4N6O2. The minimum Gasteiger partial charge on any atom is -0.494 e. The van der Waals surface area contributed by atoms with Crippen molar-refractivity contribution in [2.24, 2.45) is 0 Å². The second kappa shape index (κ2) is 9.34. The summed E-state index contributed by atoms with van der Waals surface area (Å²) in [7, 11) is 1.52. The molecule has 1 aliphatic rings. The molecule has 1 amide bonds. The van der Waals surface area contributed by atoms with E-state index in [9.17, 15) is 22.4 Å². The van der Waals surface area contributed by atoms with Crippen LogP contribution < -0.4 is 9.64 Å². The van der Waals surface area contributed by atoms with Crippen LogP contribution in [0.15, 0.2) is 54.9 Å². The summed E-state index contributed by atoms with van der Waals surface area (Å²) in [6.45, 7) is 0.332. The van der Waals surface area contributed by atoms with Gasteiger partial charge in [0.15, 0.2) is 0 Å². The number of fused-ring (bicyclic) bond motifs is 1. The molecule has 0 saturated heterocycles. The van der Waals surface area contributed by atoms with Gasteiger partial charge < -0.3 is 9.64 Å². The van der Waals surface area contributed by atoms with Crippen molar-refractivity contribution >= 4 is 11.6 Å². The lowest BCUT2D eigenvalue weighted by Gasteiger charge is -2.26. The van der Waals surface area contributed by atoms with Crippen LogP contribution in [0.25, 0.3) is 16.9 Å². The van der Waals surface area contributed by atoms with E-state index in [0.717, 1.165) is 5.69 Å². The van der Waals surface area contributed by atoms with Gasteiger partial charge in [-0.15, -0.1) is 5.10 Å². The average molecular weight is 514 g/mol. The minimum atomic E-state index is -4.67. The number of amides is 1. The first-order valence-corrected chi connectivity index (χ1v) is 11.4. The van der Waals surface area contributed by atoms with Gasteiger partial charge in [-0.25, -0.2) is 13.8 Å². The van der Waals surface area contributed by atoms with Crippen molar-refractivity contribution in [2.45, 2.75) is 32.0 Å². The number of halogens is 4. The number of nitrogens with zero attached hydrogens (tertiary/aromatic N) is 6. The third kappa shape index (κ3) is 4.78. The third-order valence-electron chi connectivity index (χ3n) is 6.22. The van der Waals surface area contributed by atoms with Crippen LogP contribution in [0.1, 0.15) is 23.7 Å². The van der Waals surface area contributed by atoms with Gasteiger partial charge >= 0.3 is 6.18 Å². The van der Waals surface area contributed by atoms with E-state index in [0.29, 0.717) is 27.6 Å². The van der Waals surface area contributed by atoms with Gasteiger partial charge in [-0.3, -0.25) is 4.79 Å². The van der Waals surface area contributed by atoms with Gasteiger partial charge in [-0.1, -0.05) is 17.3 Å². The van der Waals surface area contributed by atoms with Crippen LogP contribution in [0.3, 0.4) is 0 Å². The quantitative estimate of drug-likeness (QED) is 0.362. The van der Waals surface area contributed by atoms with E-state index in [2.05, 4.69) is 15.4 Å². The number of carbonyl (C=O) groups excluding carboxylic acids is 1. The summed E-state index contributed by atoms with van der Waals surface area (Å²) in [4.78, 5) is 13.9. The van der Waals surface area contributed by atoms with Crippen LogP contribution in [0, 0.1) is 12.7 Å². The van der Waals surface area contributed by atoms with E-state index in [4.69, 9.17) is 4.74 Å². The molecule has 12 heteroatoms. The summed E-state index contributed by atoms with van der Waals surface area (Å²) >= 11 is 0. The Bertz CT molecular complexity index is 1460. The first-order valence-electron chi connectivity index (χ1n) is 11.4. The lowest BCUT2D eigenvalue weighted by atomic mass is 10.1. The van der Waals surface area contributed by atoms with Gasteiger partial charge in [0.1, 0.15) is 35.5 Å². The number of hydrogen-bond acceptors (Lipinski definition) is 5. The van der Waals surface area contributed by atoms with Gasteiger partial charge in [0.05, 0.1) is 24.7 Å². The van der Waals surface area contributed by atoms with Crippen LogP contribution in [0.5, 0.6) is 5.75 Å². The number of aryl methyl sites for hydroxylation is 1. The fourth-order valence-electron chi connectivity index (χ4n) is 4.48. The second-order valence-electron chi connectivity index (χ2n) is 8.70. The monoisotopic (exact) mass is 514 g/mol. The van der Waals surface area contributed by atoms with Gasteiger partial charge in [-0.05, 0) is 50.1 Å². The van der Waals surface area contributed by atoms with Crippen molar-refractivity contribution < 1.29 is 27.1 Å². The number of ether oxygens (including phenoxy) is 1. The number of aromatic nitrogens is 5. The highest BCUT2D eigenvalue weighted by atomic mass is 19.4. The maximum absolute atomic E-state index is 14.5. The predicted molar refractivity (Wildman–Crippen MR) is 126 cm³/mol. The molecule has 0 aliphatic carbocycles. The highest BCUT2D eigenvalue weighted by Crippen LogP contribution is 2.35. The molecule has 0 saturated carbocycles. The number of anilines is 1. The number of rotatable bonds is 5. The minimum absolute atomic E-state index is 0.0603. The molecule has 0 spiro atoms. The SMILES string of the molecule is COc1cc(-c2cn(C3CCc4c(F)cccc4N(CC(F)(F)F)C3=O)nn2)ccc1-n1ccc(C)n1. The zero-order valence-corrected chi connectivity index (χ0v) is 19.9. The largest absolute Gasteiger partial charge is 0.494 e.